The van der Waals surface area contributed by atoms with E-state index in [2.05, 4.69) is 5.32 Å². The Bertz CT molecular complexity index is 1470. The summed E-state index contributed by atoms with van der Waals surface area (Å²) in [6, 6.07) is 8.73. The van der Waals surface area contributed by atoms with Gasteiger partial charge in [-0.15, -0.1) is 0 Å². The average Bonchev–Trinajstić information content (AvgIpc) is 3.33. The SMILES string of the molecule is COC(=O)[C@H]1[C@]2(C(=O)N(C(=O)OC(C)(C)C)c3cc(F)ccc32)C(=S)N[C@]12C(=O)N(C)c1ccc(C)cc12. The molecule has 1 N–H and O–H groups in total. The first-order chi connectivity index (χ1) is 17.7. The monoisotopic (exact) mass is 539 g/mol. The Morgan fingerprint density at radius 1 is 1.05 bits per heavy atom. The van der Waals surface area contributed by atoms with Crippen molar-refractivity contribution in [1.29, 1.82) is 0 Å². The zero-order valence-electron chi connectivity index (χ0n) is 21.7. The number of thiocarbonyl (C=S) groups is 1. The van der Waals surface area contributed by atoms with Crippen LogP contribution in [0.4, 0.5) is 20.6 Å². The summed E-state index contributed by atoms with van der Waals surface area (Å²) in [5, 5.41) is 3.03. The molecule has 11 heteroatoms. The van der Waals surface area contributed by atoms with Crippen LogP contribution in [0.25, 0.3) is 0 Å². The number of halogens is 1. The lowest BCUT2D eigenvalue weighted by Gasteiger charge is -2.33. The van der Waals surface area contributed by atoms with Gasteiger partial charge in [-0.1, -0.05) is 36.0 Å². The van der Waals surface area contributed by atoms with E-state index in [1.807, 2.05) is 13.0 Å². The highest BCUT2D eigenvalue weighted by Crippen LogP contribution is 2.60. The fourth-order valence-corrected chi connectivity index (χ4v) is 6.31. The molecule has 0 aliphatic carbocycles. The van der Waals surface area contributed by atoms with E-state index in [0.717, 1.165) is 24.8 Å². The van der Waals surface area contributed by atoms with Gasteiger partial charge in [-0.3, -0.25) is 14.4 Å². The highest BCUT2D eigenvalue weighted by molar-refractivity contribution is 7.80. The standard InChI is InChI=1S/C27H26FN3O6S/c1-13-7-10-17-16(11-13)27(23(34)30(17)5)19(20(32)36-6)26(21(38)29-27)15-9-8-14(28)12-18(15)31(22(26)33)24(35)37-25(2,3)4/h7-12,19H,1-6H3,(H,29,38)/t19-,26-,27-/m0/s1. The maximum absolute atomic E-state index is 14.5. The summed E-state index contributed by atoms with van der Waals surface area (Å²) in [7, 11) is 2.70. The van der Waals surface area contributed by atoms with E-state index < -0.39 is 52.2 Å². The molecule has 1 fully saturated rings. The Hall–Kier alpha value is -3.86. The summed E-state index contributed by atoms with van der Waals surface area (Å²) in [5.74, 6) is -4.65. The van der Waals surface area contributed by atoms with Crippen LogP contribution < -0.4 is 15.1 Å². The van der Waals surface area contributed by atoms with Gasteiger partial charge in [0.1, 0.15) is 22.8 Å². The Labute approximate surface area is 223 Å². The molecule has 2 spiro atoms. The van der Waals surface area contributed by atoms with E-state index in [-0.39, 0.29) is 16.2 Å². The van der Waals surface area contributed by atoms with Gasteiger partial charge < -0.3 is 19.7 Å². The molecule has 3 aliphatic heterocycles. The number of esters is 1. The van der Waals surface area contributed by atoms with Crippen molar-refractivity contribution in [1.82, 2.24) is 5.32 Å². The lowest BCUT2D eigenvalue weighted by atomic mass is 9.65. The number of carbonyl (C=O) groups is 4. The first-order valence-electron chi connectivity index (χ1n) is 11.9. The second kappa shape index (κ2) is 8.07. The number of ether oxygens (including phenoxy) is 2. The van der Waals surface area contributed by atoms with Crippen LogP contribution in [0.1, 0.15) is 37.5 Å². The first kappa shape index (κ1) is 25.8. The highest BCUT2D eigenvalue weighted by Gasteiger charge is 2.77. The average molecular weight is 540 g/mol. The Morgan fingerprint density at radius 2 is 1.74 bits per heavy atom. The van der Waals surface area contributed by atoms with E-state index in [9.17, 15) is 23.6 Å². The van der Waals surface area contributed by atoms with Crippen molar-refractivity contribution < 1.29 is 33.0 Å². The minimum absolute atomic E-state index is 0.0936. The number of benzene rings is 2. The van der Waals surface area contributed by atoms with Crippen LogP contribution in [0.2, 0.25) is 0 Å². The van der Waals surface area contributed by atoms with Gasteiger partial charge in [-0.2, -0.15) is 0 Å². The third-order valence-electron chi connectivity index (χ3n) is 7.29. The number of likely N-dealkylation sites (N-methyl/N-ethyl adjacent to an activating group) is 1. The molecule has 9 nitrogen and oxygen atoms in total. The maximum atomic E-state index is 14.5. The molecule has 3 heterocycles. The Balaban J connectivity index is 1.83. The van der Waals surface area contributed by atoms with Crippen LogP contribution >= 0.6 is 12.2 Å². The summed E-state index contributed by atoms with van der Waals surface area (Å²) in [6.07, 6.45) is -1.07. The lowest BCUT2D eigenvalue weighted by molar-refractivity contribution is -0.154. The number of anilines is 2. The number of hydrogen-bond donors (Lipinski definition) is 1. The van der Waals surface area contributed by atoms with Crippen molar-refractivity contribution in [2.45, 2.75) is 44.2 Å². The number of imide groups is 1. The summed E-state index contributed by atoms with van der Waals surface area (Å²) in [6.45, 7) is 6.69. The Morgan fingerprint density at radius 3 is 2.37 bits per heavy atom. The molecule has 5 rings (SSSR count). The first-order valence-corrected chi connectivity index (χ1v) is 12.3. The Kier molecular flexibility index (Phi) is 5.47. The summed E-state index contributed by atoms with van der Waals surface area (Å²) in [5.41, 5.74) is -3.12. The minimum atomic E-state index is -2.05. The quantitative estimate of drug-likeness (QED) is 0.435. The maximum Gasteiger partial charge on any atom is 0.421 e. The number of amides is 3. The van der Waals surface area contributed by atoms with Crippen molar-refractivity contribution in [2.24, 2.45) is 5.92 Å². The lowest BCUT2D eigenvalue weighted by Crippen LogP contribution is -2.57. The van der Waals surface area contributed by atoms with Crippen LogP contribution in [-0.4, -0.2) is 48.6 Å². The molecule has 0 saturated carbocycles. The fourth-order valence-electron chi connectivity index (χ4n) is 5.84. The summed E-state index contributed by atoms with van der Waals surface area (Å²) < 4.78 is 25.2. The molecular formula is C27H26FN3O6S. The molecule has 38 heavy (non-hydrogen) atoms. The number of aryl methyl sites for hydroxylation is 1. The van der Waals surface area contributed by atoms with Gasteiger partial charge in [0.2, 0.25) is 0 Å². The molecule has 3 aliphatic rings. The molecule has 198 valence electrons. The zero-order valence-corrected chi connectivity index (χ0v) is 22.5. The zero-order chi connectivity index (χ0) is 27.9. The predicted molar refractivity (Wildman–Crippen MR) is 139 cm³/mol. The summed E-state index contributed by atoms with van der Waals surface area (Å²) in [4.78, 5) is 57.4. The van der Waals surface area contributed by atoms with E-state index in [1.165, 1.54) is 11.0 Å². The number of nitrogens with zero attached hydrogens (tertiary/aromatic N) is 2. The van der Waals surface area contributed by atoms with Crippen molar-refractivity contribution in [2.75, 3.05) is 24.0 Å². The number of rotatable bonds is 1. The van der Waals surface area contributed by atoms with E-state index in [0.29, 0.717) is 16.2 Å². The third-order valence-corrected chi connectivity index (χ3v) is 7.72. The van der Waals surface area contributed by atoms with E-state index >= 15 is 0 Å². The summed E-state index contributed by atoms with van der Waals surface area (Å²) >= 11 is 5.75. The molecule has 3 atom stereocenters. The van der Waals surface area contributed by atoms with E-state index in [4.69, 9.17) is 21.7 Å². The van der Waals surface area contributed by atoms with Gasteiger partial charge in [-0.25, -0.2) is 14.1 Å². The van der Waals surface area contributed by atoms with Crippen LogP contribution in [0.3, 0.4) is 0 Å². The van der Waals surface area contributed by atoms with Crippen molar-refractivity contribution in [3.8, 4) is 0 Å². The largest absolute Gasteiger partial charge is 0.469 e. The smallest absolute Gasteiger partial charge is 0.421 e. The van der Waals surface area contributed by atoms with Crippen LogP contribution in [0, 0.1) is 18.7 Å². The normalized spacial score (nSPS) is 25.7. The molecule has 3 amide bonds. The van der Waals surface area contributed by atoms with Gasteiger partial charge in [0.15, 0.2) is 5.54 Å². The number of methoxy groups -OCH3 is 1. The molecule has 1 saturated heterocycles. The predicted octanol–water partition coefficient (Wildman–Crippen LogP) is 3.25. The number of nitrogens with one attached hydrogen (secondary N) is 1. The molecule has 0 unspecified atom stereocenters. The van der Waals surface area contributed by atoms with Crippen LogP contribution in [0.15, 0.2) is 36.4 Å². The molecule has 2 aromatic carbocycles. The third kappa shape index (κ3) is 3.11. The fraction of sp³-hybridized carbons (Fsp3) is 0.370. The van der Waals surface area contributed by atoms with E-state index in [1.54, 1.807) is 40.0 Å². The van der Waals surface area contributed by atoms with Crippen molar-refractivity contribution in [3.05, 3.63) is 58.9 Å². The molecule has 0 radical (unpaired) electrons. The van der Waals surface area contributed by atoms with Gasteiger partial charge in [0.25, 0.3) is 11.8 Å². The molecule has 2 aromatic rings. The van der Waals surface area contributed by atoms with Gasteiger partial charge in [0, 0.05) is 23.9 Å². The van der Waals surface area contributed by atoms with Crippen LogP contribution in [-0.2, 0) is 34.8 Å². The number of carbonyl (C=O) groups excluding carboxylic acids is 4. The highest BCUT2D eigenvalue weighted by atomic mass is 32.1. The second-order valence-corrected chi connectivity index (χ2v) is 11.1. The van der Waals surface area contributed by atoms with Gasteiger partial charge in [0.05, 0.1) is 17.8 Å². The second-order valence-electron chi connectivity index (χ2n) is 10.7. The molecule has 0 bridgehead atoms. The number of fused-ring (bicyclic) bond motifs is 4. The molecule has 0 aromatic heterocycles. The topological polar surface area (TPSA) is 105 Å². The van der Waals surface area contributed by atoms with Gasteiger partial charge in [-0.05, 0) is 45.9 Å². The van der Waals surface area contributed by atoms with Crippen molar-refractivity contribution in [3.63, 3.8) is 0 Å². The van der Waals surface area contributed by atoms with Crippen LogP contribution in [0.5, 0.6) is 0 Å². The molecular weight excluding hydrogens is 513 g/mol. The van der Waals surface area contributed by atoms with Crippen molar-refractivity contribution >= 4 is 52.5 Å². The number of hydrogen-bond acceptors (Lipinski definition) is 7. The van der Waals surface area contributed by atoms with Gasteiger partial charge >= 0.3 is 12.1 Å². The minimum Gasteiger partial charge on any atom is -0.469 e.